The fraction of sp³-hybridized carbons (Fsp3) is 0.412. The van der Waals surface area contributed by atoms with Gasteiger partial charge in [0.15, 0.2) is 17.1 Å². The molecule has 0 amide bonds. The summed E-state index contributed by atoms with van der Waals surface area (Å²) in [5, 5.41) is 0.223. The molecular weight excluding hydrogens is 295 g/mol. The predicted octanol–water partition coefficient (Wildman–Crippen LogP) is 1.44. The molecule has 3 rings (SSSR count). The second kappa shape index (κ2) is 5.36. The summed E-state index contributed by atoms with van der Waals surface area (Å²) in [5.41, 5.74) is 5.32. The molecule has 0 aliphatic carbocycles. The van der Waals surface area contributed by atoms with Gasteiger partial charge in [-0.05, 0) is 26.3 Å². The van der Waals surface area contributed by atoms with Crippen LogP contribution in [0.3, 0.4) is 0 Å². The van der Waals surface area contributed by atoms with Crippen LogP contribution in [0, 0.1) is 18.2 Å². The molecule has 6 heteroatoms. The van der Waals surface area contributed by atoms with Crippen molar-refractivity contribution in [3.8, 4) is 12.3 Å². The maximum atomic E-state index is 14.5. The third-order valence-corrected chi connectivity index (χ3v) is 4.29. The maximum Gasteiger partial charge on any atom is 0.191 e. The topological polar surface area (TPSA) is 64.2 Å². The molecule has 1 aliphatic rings. The maximum absolute atomic E-state index is 14.5. The van der Waals surface area contributed by atoms with Crippen LogP contribution in [0.15, 0.2) is 23.1 Å². The van der Waals surface area contributed by atoms with Gasteiger partial charge in [-0.2, -0.15) is 0 Å². The summed E-state index contributed by atoms with van der Waals surface area (Å²) in [7, 11) is 0. The molecule has 0 aromatic carbocycles. The van der Waals surface area contributed by atoms with Gasteiger partial charge in [-0.15, -0.1) is 6.42 Å². The van der Waals surface area contributed by atoms with Crippen molar-refractivity contribution >= 4 is 16.9 Å². The van der Waals surface area contributed by atoms with Crippen LogP contribution in [0.4, 0.5) is 10.2 Å². The van der Waals surface area contributed by atoms with Crippen molar-refractivity contribution in [3.05, 3.63) is 34.4 Å². The molecule has 1 unspecified atom stereocenters. The highest BCUT2D eigenvalue weighted by molar-refractivity contribution is 5.78. The minimum atomic E-state index is -0.685. The normalized spacial score (nSPS) is 18.4. The Kier molecular flexibility index (Phi) is 3.61. The molecule has 0 spiro atoms. The Hall–Kier alpha value is -2.39. The van der Waals surface area contributed by atoms with Crippen molar-refractivity contribution in [2.24, 2.45) is 5.73 Å². The van der Waals surface area contributed by atoms with E-state index in [-0.39, 0.29) is 22.7 Å². The SMILES string of the molecule is C#CC(C)(C)n1ccc(=O)c2cc(F)c(N3CCC(N)C3)nc21. The first-order valence-electron chi connectivity index (χ1n) is 7.54. The number of nitrogens with two attached hydrogens (primary N) is 1. The van der Waals surface area contributed by atoms with Gasteiger partial charge >= 0.3 is 0 Å². The van der Waals surface area contributed by atoms with Gasteiger partial charge in [0.25, 0.3) is 0 Å². The van der Waals surface area contributed by atoms with Crippen LogP contribution < -0.4 is 16.1 Å². The van der Waals surface area contributed by atoms with E-state index in [1.54, 1.807) is 10.8 Å². The van der Waals surface area contributed by atoms with Gasteiger partial charge in [-0.1, -0.05) is 5.92 Å². The number of fused-ring (bicyclic) bond motifs is 1. The van der Waals surface area contributed by atoms with Crippen LogP contribution in [0.25, 0.3) is 11.0 Å². The summed E-state index contributed by atoms with van der Waals surface area (Å²) >= 11 is 0. The van der Waals surface area contributed by atoms with Crippen LogP contribution in [0.1, 0.15) is 20.3 Å². The molecule has 0 radical (unpaired) electrons. The van der Waals surface area contributed by atoms with Gasteiger partial charge in [0.1, 0.15) is 11.2 Å². The van der Waals surface area contributed by atoms with E-state index in [0.29, 0.717) is 18.7 Å². The predicted molar refractivity (Wildman–Crippen MR) is 88.9 cm³/mol. The lowest BCUT2D eigenvalue weighted by molar-refractivity contribution is 0.484. The van der Waals surface area contributed by atoms with Crippen LogP contribution in [-0.4, -0.2) is 28.7 Å². The van der Waals surface area contributed by atoms with Crippen molar-refractivity contribution in [3.63, 3.8) is 0 Å². The molecule has 1 atom stereocenters. The van der Waals surface area contributed by atoms with Gasteiger partial charge in [0.2, 0.25) is 0 Å². The Morgan fingerprint density at radius 1 is 1.52 bits per heavy atom. The van der Waals surface area contributed by atoms with E-state index in [1.165, 1.54) is 12.1 Å². The number of halogens is 1. The molecular formula is C17H19FN4O. The first-order valence-corrected chi connectivity index (χ1v) is 7.54. The Bertz CT molecular complexity index is 865. The average molecular weight is 314 g/mol. The van der Waals surface area contributed by atoms with Crippen molar-refractivity contribution in [2.75, 3.05) is 18.0 Å². The largest absolute Gasteiger partial charge is 0.353 e. The Labute approximate surface area is 133 Å². The second-order valence-electron chi connectivity index (χ2n) is 6.41. The zero-order chi connectivity index (χ0) is 16.8. The smallest absolute Gasteiger partial charge is 0.191 e. The quantitative estimate of drug-likeness (QED) is 0.852. The average Bonchev–Trinajstić information content (AvgIpc) is 2.93. The summed E-state index contributed by atoms with van der Waals surface area (Å²) < 4.78 is 16.2. The monoisotopic (exact) mass is 314 g/mol. The zero-order valence-electron chi connectivity index (χ0n) is 13.2. The third-order valence-electron chi connectivity index (χ3n) is 4.29. The Morgan fingerprint density at radius 2 is 2.26 bits per heavy atom. The van der Waals surface area contributed by atoms with E-state index in [1.807, 2.05) is 18.7 Å². The molecule has 2 aromatic heterocycles. The van der Waals surface area contributed by atoms with Crippen molar-refractivity contribution < 1.29 is 4.39 Å². The molecule has 3 heterocycles. The number of hydrogen-bond acceptors (Lipinski definition) is 4. The molecule has 0 saturated carbocycles. The minimum Gasteiger partial charge on any atom is -0.353 e. The van der Waals surface area contributed by atoms with Gasteiger partial charge < -0.3 is 15.2 Å². The number of hydrogen-bond donors (Lipinski definition) is 1. The van der Waals surface area contributed by atoms with Gasteiger partial charge in [0.05, 0.1) is 5.39 Å². The number of anilines is 1. The van der Waals surface area contributed by atoms with Crippen molar-refractivity contribution in [1.82, 2.24) is 9.55 Å². The summed E-state index contributed by atoms with van der Waals surface area (Å²) in [6.07, 6.45) is 7.99. The Morgan fingerprint density at radius 3 is 2.87 bits per heavy atom. The minimum absolute atomic E-state index is 0.00649. The lowest BCUT2D eigenvalue weighted by Crippen LogP contribution is -2.29. The number of pyridine rings is 2. The highest BCUT2D eigenvalue weighted by Gasteiger charge is 2.26. The molecule has 0 bridgehead atoms. The fourth-order valence-electron chi connectivity index (χ4n) is 2.86. The van der Waals surface area contributed by atoms with Crippen LogP contribution in [-0.2, 0) is 5.54 Å². The highest BCUT2D eigenvalue weighted by Crippen LogP contribution is 2.26. The molecule has 1 aliphatic heterocycles. The number of aromatic nitrogens is 2. The van der Waals surface area contributed by atoms with E-state index in [0.717, 1.165) is 6.42 Å². The molecule has 120 valence electrons. The number of rotatable bonds is 2. The first kappa shape index (κ1) is 15.5. The van der Waals surface area contributed by atoms with Crippen LogP contribution >= 0.6 is 0 Å². The van der Waals surface area contributed by atoms with Gasteiger partial charge in [0, 0.05) is 31.4 Å². The standard InChI is InChI=1S/C17H19FN4O/c1-4-17(2,3)22-8-6-14(23)12-9-13(18)16(20-15(12)22)21-7-5-11(19)10-21/h1,6,8-9,11H,5,7,10,19H2,2-3H3. The molecule has 23 heavy (non-hydrogen) atoms. The van der Waals surface area contributed by atoms with Crippen molar-refractivity contribution in [1.29, 1.82) is 0 Å². The van der Waals surface area contributed by atoms with Crippen LogP contribution in [0.5, 0.6) is 0 Å². The summed E-state index contributed by atoms with van der Waals surface area (Å²) in [6.45, 7) is 4.87. The van der Waals surface area contributed by atoms with Crippen LogP contribution in [0.2, 0.25) is 0 Å². The lowest BCUT2D eigenvalue weighted by Gasteiger charge is -2.25. The lowest BCUT2D eigenvalue weighted by atomic mass is 10.1. The summed E-state index contributed by atoms with van der Waals surface area (Å²) in [5.74, 6) is 2.38. The number of nitrogens with zero attached hydrogens (tertiary/aromatic N) is 3. The molecule has 2 N–H and O–H groups in total. The summed E-state index contributed by atoms with van der Waals surface area (Å²) in [4.78, 5) is 18.3. The summed E-state index contributed by atoms with van der Waals surface area (Å²) in [6, 6.07) is 2.63. The fourth-order valence-corrected chi connectivity index (χ4v) is 2.86. The van der Waals surface area contributed by atoms with E-state index < -0.39 is 11.4 Å². The van der Waals surface area contributed by atoms with E-state index in [4.69, 9.17) is 12.2 Å². The van der Waals surface area contributed by atoms with Gasteiger partial charge in [-0.3, -0.25) is 4.79 Å². The number of terminal acetylenes is 1. The molecule has 5 nitrogen and oxygen atoms in total. The first-order chi connectivity index (χ1) is 10.8. The molecule has 1 fully saturated rings. The molecule has 1 saturated heterocycles. The van der Waals surface area contributed by atoms with E-state index in [2.05, 4.69) is 10.9 Å². The van der Waals surface area contributed by atoms with Gasteiger partial charge in [-0.25, -0.2) is 9.37 Å². The van der Waals surface area contributed by atoms with E-state index >= 15 is 0 Å². The second-order valence-corrected chi connectivity index (χ2v) is 6.41. The Balaban J connectivity index is 2.26. The van der Waals surface area contributed by atoms with E-state index in [9.17, 15) is 9.18 Å². The zero-order valence-corrected chi connectivity index (χ0v) is 13.2. The molecule has 2 aromatic rings. The third kappa shape index (κ3) is 2.57. The highest BCUT2D eigenvalue weighted by atomic mass is 19.1. The van der Waals surface area contributed by atoms with Crippen molar-refractivity contribution in [2.45, 2.75) is 31.8 Å².